The van der Waals surface area contributed by atoms with Gasteiger partial charge in [0.05, 0.1) is 6.61 Å². The molecular weight excluding hydrogens is 294 g/mol. The first-order valence-electron chi connectivity index (χ1n) is 7.46. The number of nitrogens with one attached hydrogen (secondary N) is 2. The molecule has 0 spiro atoms. The number of esters is 1. The molecule has 23 heavy (non-hydrogen) atoms. The Morgan fingerprint density at radius 3 is 2.48 bits per heavy atom. The highest BCUT2D eigenvalue weighted by Crippen LogP contribution is 2.11. The SMILES string of the molecule is CCOC(=O)/C(C#N)=C\Nc1ccc(C(=O)NC(C)CC)cc1. The number of amides is 1. The van der Waals surface area contributed by atoms with Crippen molar-refractivity contribution in [2.24, 2.45) is 0 Å². The predicted molar refractivity (Wildman–Crippen MR) is 87.6 cm³/mol. The molecule has 0 aliphatic carbocycles. The fourth-order valence-electron chi connectivity index (χ4n) is 1.63. The smallest absolute Gasteiger partial charge is 0.350 e. The van der Waals surface area contributed by atoms with E-state index >= 15 is 0 Å². The van der Waals surface area contributed by atoms with E-state index in [4.69, 9.17) is 10.00 Å². The van der Waals surface area contributed by atoms with Crippen molar-refractivity contribution in [1.29, 1.82) is 5.26 Å². The van der Waals surface area contributed by atoms with Crippen LogP contribution in [0.3, 0.4) is 0 Å². The molecule has 1 rings (SSSR count). The van der Waals surface area contributed by atoms with Gasteiger partial charge in [0, 0.05) is 23.5 Å². The number of hydrogen-bond acceptors (Lipinski definition) is 5. The van der Waals surface area contributed by atoms with Crippen molar-refractivity contribution < 1.29 is 14.3 Å². The molecule has 0 radical (unpaired) electrons. The number of rotatable bonds is 7. The number of anilines is 1. The average molecular weight is 315 g/mol. The van der Waals surface area contributed by atoms with E-state index in [-0.39, 0.29) is 24.1 Å². The zero-order valence-electron chi connectivity index (χ0n) is 13.6. The molecule has 6 heteroatoms. The highest BCUT2D eigenvalue weighted by Gasteiger charge is 2.10. The summed E-state index contributed by atoms with van der Waals surface area (Å²) in [5.74, 6) is -0.808. The average Bonchev–Trinajstić information content (AvgIpc) is 2.56. The summed E-state index contributed by atoms with van der Waals surface area (Å²) >= 11 is 0. The topological polar surface area (TPSA) is 91.2 Å². The van der Waals surface area contributed by atoms with Crippen LogP contribution in [-0.2, 0) is 9.53 Å². The number of carbonyl (C=O) groups is 2. The molecule has 1 aromatic carbocycles. The molecule has 122 valence electrons. The van der Waals surface area contributed by atoms with Crippen molar-refractivity contribution in [3.8, 4) is 6.07 Å². The van der Waals surface area contributed by atoms with Gasteiger partial charge in [0.2, 0.25) is 0 Å². The fourth-order valence-corrected chi connectivity index (χ4v) is 1.63. The Bertz CT molecular complexity index is 615. The number of nitrogens with zero attached hydrogens (tertiary/aromatic N) is 1. The van der Waals surface area contributed by atoms with Gasteiger partial charge in [-0.3, -0.25) is 4.79 Å². The van der Waals surface area contributed by atoms with Gasteiger partial charge in [-0.2, -0.15) is 5.26 Å². The van der Waals surface area contributed by atoms with E-state index in [0.29, 0.717) is 11.3 Å². The van der Waals surface area contributed by atoms with Crippen LogP contribution in [0.15, 0.2) is 36.0 Å². The molecule has 0 aliphatic rings. The Kier molecular flexibility index (Phi) is 7.34. The van der Waals surface area contributed by atoms with Crippen molar-refractivity contribution in [1.82, 2.24) is 5.32 Å². The summed E-state index contributed by atoms with van der Waals surface area (Å²) in [7, 11) is 0. The molecular formula is C17H21N3O3. The second kappa shape index (κ2) is 9.26. The van der Waals surface area contributed by atoms with Crippen molar-refractivity contribution in [3.05, 3.63) is 41.6 Å². The lowest BCUT2D eigenvalue weighted by molar-refractivity contribution is -0.138. The van der Waals surface area contributed by atoms with Gasteiger partial charge >= 0.3 is 5.97 Å². The van der Waals surface area contributed by atoms with Crippen LogP contribution < -0.4 is 10.6 Å². The zero-order chi connectivity index (χ0) is 17.2. The molecule has 0 heterocycles. The molecule has 0 saturated heterocycles. The van der Waals surface area contributed by atoms with E-state index in [9.17, 15) is 9.59 Å². The van der Waals surface area contributed by atoms with E-state index < -0.39 is 5.97 Å². The summed E-state index contributed by atoms with van der Waals surface area (Å²) in [6, 6.07) is 8.63. The molecule has 0 aromatic heterocycles. The second-order valence-corrected chi connectivity index (χ2v) is 4.89. The Balaban J connectivity index is 2.72. The third kappa shape index (κ3) is 5.83. The number of benzene rings is 1. The number of nitriles is 1. The standard InChI is InChI=1S/C17H21N3O3/c1-4-12(3)20-16(21)13-6-8-15(9-7-13)19-11-14(10-18)17(22)23-5-2/h6-9,11-12,19H,4-5H2,1-3H3,(H,20,21)/b14-11-. The van der Waals surface area contributed by atoms with Crippen LogP contribution in [0.25, 0.3) is 0 Å². The van der Waals surface area contributed by atoms with E-state index in [1.165, 1.54) is 6.20 Å². The molecule has 0 aliphatic heterocycles. The summed E-state index contributed by atoms with van der Waals surface area (Å²) < 4.78 is 4.76. The van der Waals surface area contributed by atoms with Crippen molar-refractivity contribution in [2.45, 2.75) is 33.2 Å². The summed E-state index contributed by atoms with van der Waals surface area (Å²) in [6.45, 7) is 5.82. The maximum atomic E-state index is 12.0. The first kappa shape index (κ1) is 18.2. The fraction of sp³-hybridized carbons (Fsp3) is 0.353. The summed E-state index contributed by atoms with van der Waals surface area (Å²) in [5.41, 5.74) is 1.08. The van der Waals surface area contributed by atoms with Crippen LogP contribution in [0.4, 0.5) is 5.69 Å². The van der Waals surface area contributed by atoms with Crippen molar-refractivity contribution in [2.75, 3.05) is 11.9 Å². The van der Waals surface area contributed by atoms with E-state index in [0.717, 1.165) is 6.42 Å². The lowest BCUT2D eigenvalue weighted by Gasteiger charge is -2.11. The summed E-state index contributed by atoms with van der Waals surface area (Å²) in [5, 5.41) is 14.6. The minimum atomic E-state index is -0.674. The predicted octanol–water partition coefficient (Wildman–Crippen LogP) is 2.60. The van der Waals surface area contributed by atoms with Crippen LogP contribution in [0.5, 0.6) is 0 Å². The molecule has 1 aromatic rings. The maximum Gasteiger partial charge on any atom is 0.350 e. The minimum absolute atomic E-state index is 0.117. The Morgan fingerprint density at radius 2 is 1.96 bits per heavy atom. The maximum absolute atomic E-state index is 12.0. The van der Waals surface area contributed by atoms with Gasteiger partial charge in [-0.25, -0.2) is 4.79 Å². The first-order chi connectivity index (χ1) is 11.0. The van der Waals surface area contributed by atoms with Gasteiger partial charge < -0.3 is 15.4 Å². The largest absolute Gasteiger partial charge is 0.462 e. The number of carbonyl (C=O) groups excluding carboxylic acids is 2. The van der Waals surface area contributed by atoms with Crippen LogP contribution in [-0.4, -0.2) is 24.5 Å². The molecule has 1 unspecified atom stereocenters. The summed E-state index contributed by atoms with van der Waals surface area (Å²) in [4.78, 5) is 23.4. The van der Waals surface area contributed by atoms with Gasteiger partial charge in [0.25, 0.3) is 5.91 Å². The van der Waals surface area contributed by atoms with Gasteiger partial charge in [-0.1, -0.05) is 6.92 Å². The van der Waals surface area contributed by atoms with Gasteiger partial charge in [0.1, 0.15) is 6.07 Å². The molecule has 1 amide bonds. The lowest BCUT2D eigenvalue weighted by Crippen LogP contribution is -2.31. The molecule has 0 fully saturated rings. The van der Waals surface area contributed by atoms with E-state index in [1.54, 1.807) is 37.3 Å². The second-order valence-electron chi connectivity index (χ2n) is 4.89. The Hall–Kier alpha value is -2.81. The minimum Gasteiger partial charge on any atom is -0.462 e. The molecule has 1 atom stereocenters. The van der Waals surface area contributed by atoms with Crippen LogP contribution in [0.2, 0.25) is 0 Å². The zero-order valence-corrected chi connectivity index (χ0v) is 13.6. The van der Waals surface area contributed by atoms with E-state index in [1.807, 2.05) is 13.8 Å². The molecule has 2 N–H and O–H groups in total. The highest BCUT2D eigenvalue weighted by atomic mass is 16.5. The normalized spacial score (nSPS) is 12.0. The molecule has 0 bridgehead atoms. The van der Waals surface area contributed by atoms with Gasteiger partial charge in [-0.05, 0) is 44.5 Å². The first-order valence-corrected chi connectivity index (χ1v) is 7.46. The molecule has 6 nitrogen and oxygen atoms in total. The van der Waals surface area contributed by atoms with Gasteiger partial charge in [0.15, 0.2) is 5.57 Å². The van der Waals surface area contributed by atoms with Gasteiger partial charge in [-0.15, -0.1) is 0 Å². The lowest BCUT2D eigenvalue weighted by atomic mass is 10.1. The molecule has 0 saturated carbocycles. The Labute approximate surface area is 136 Å². The Morgan fingerprint density at radius 1 is 1.30 bits per heavy atom. The van der Waals surface area contributed by atoms with Crippen LogP contribution >= 0.6 is 0 Å². The summed E-state index contributed by atoms with van der Waals surface area (Å²) in [6.07, 6.45) is 2.15. The third-order valence-corrected chi connectivity index (χ3v) is 3.14. The quantitative estimate of drug-likeness (QED) is 0.458. The number of hydrogen-bond donors (Lipinski definition) is 2. The van der Waals surface area contributed by atoms with Crippen molar-refractivity contribution in [3.63, 3.8) is 0 Å². The third-order valence-electron chi connectivity index (χ3n) is 3.14. The van der Waals surface area contributed by atoms with Crippen molar-refractivity contribution >= 4 is 17.6 Å². The van der Waals surface area contributed by atoms with Crippen LogP contribution in [0.1, 0.15) is 37.6 Å². The number of ether oxygens (including phenoxy) is 1. The highest BCUT2D eigenvalue weighted by molar-refractivity contribution is 5.95. The van der Waals surface area contributed by atoms with E-state index in [2.05, 4.69) is 10.6 Å². The monoisotopic (exact) mass is 315 g/mol. The van der Waals surface area contributed by atoms with Crippen LogP contribution in [0, 0.1) is 11.3 Å².